The first-order valence-electron chi connectivity index (χ1n) is 5.89. The Labute approximate surface area is 96.5 Å². The van der Waals surface area contributed by atoms with Crippen LogP contribution in [0.15, 0.2) is 42.2 Å². The molecule has 2 aliphatic heterocycles. The molecule has 2 aliphatic rings. The van der Waals surface area contributed by atoms with E-state index in [2.05, 4.69) is 59.3 Å². The number of allylic oxidation sites excluding steroid dienone is 1. The molecule has 1 aromatic carbocycles. The van der Waals surface area contributed by atoms with Gasteiger partial charge < -0.3 is 9.80 Å². The Morgan fingerprint density at radius 2 is 2.06 bits per heavy atom. The monoisotopic (exact) mass is 212 g/mol. The first-order chi connectivity index (χ1) is 7.88. The molecule has 2 heteroatoms. The molecule has 0 radical (unpaired) electrons. The summed E-state index contributed by atoms with van der Waals surface area (Å²) in [5.41, 5.74) is 3.96. The summed E-state index contributed by atoms with van der Waals surface area (Å²) in [6, 6.07) is 8.57. The minimum absolute atomic E-state index is 0.991. The van der Waals surface area contributed by atoms with Gasteiger partial charge in [0.25, 0.3) is 0 Å². The number of fused-ring (bicyclic) bond motifs is 3. The van der Waals surface area contributed by atoms with E-state index in [0.717, 1.165) is 13.2 Å². The molecule has 2 heterocycles. The lowest BCUT2D eigenvalue weighted by Crippen LogP contribution is -2.28. The van der Waals surface area contributed by atoms with Crippen LogP contribution in [-0.4, -0.2) is 18.1 Å². The normalized spacial score (nSPS) is 17.2. The average molecular weight is 212 g/mol. The van der Waals surface area contributed by atoms with E-state index < -0.39 is 0 Å². The van der Waals surface area contributed by atoms with E-state index in [0.29, 0.717) is 0 Å². The number of benzene rings is 1. The quantitative estimate of drug-likeness (QED) is 0.743. The molecule has 16 heavy (non-hydrogen) atoms. The molecular formula is C14H16N2. The third kappa shape index (κ3) is 1.42. The van der Waals surface area contributed by atoms with Crippen LogP contribution < -0.4 is 4.90 Å². The third-order valence-electron chi connectivity index (χ3n) is 3.12. The highest BCUT2D eigenvalue weighted by Gasteiger charge is 2.23. The number of nitrogens with zero attached hydrogens (tertiary/aromatic N) is 2. The van der Waals surface area contributed by atoms with Gasteiger partial charge in [0.15, 0.2) is 0 Å². The van der Waals surface area contributed by atoms with Gasteiger partial charge in [0.1, 0.15) is 0 Å². The van der Waals surface area contributed by atoms with E-state index in [1.165, 1.54) is 23.4 Å². The summed E-state index contributed by atoms with van der Waals surface area (Å²) in [7, 11) is 0. The minimum Gasteiger partial charge on any atom is -0.358 e. The standard InChI is InChI=1S/C14H16N2/c1-2-9-15-10-13-8-7-12-5-3-4-6-14(12)16(13)11-15/h3-8,10H,2,9,11H2,1H3. The van der Waals surface area contributed by atoms with Crippen LogP contribution in [0, 0.1) is 0 Å². The number of anilines is 1. The van der Waals surface area contributed by atoms with Gasteiger partial charge in [-0.05, 0) is 24.1 Å². The van der Waals surface area contributed by atoms with E-state index in [1.807, 2.05) is 0 Å². The van der Waals surface area contributed by atoms with Crippen molar-refractivity contribution in [3.05, 3.63) is 47.8 Å². The molecule has 0 spiro atoms. The van der Waals surface area contributed by atoms with Gasteiger partial charge in [-0.1, -0.05) is 31.2 Å². The Morgan fingerprint density at radius 3 is 2.94 bits per heavy atom. The largest absolute Gasteiger partial charge is 0.358 e. The Balaban J connectivity index is 1.95. The molecule has 0 N–H and O–H groups in total. The highest BCUT2D eigenvalue weighted by molar-refractivity contribution is 5.76. The van der Waals surface area contributed by atoms with Crippen molar-refractivity contribution >= 4 is 11.8 Å². The minimum atomic E-state index is 0.991. The topological polar surface area (TPSA) is 6.48 Å². The summed E-state index contributed by atoms with van der Waals surface area (Å²) in [6.07, 6.45) is 7.87. The summed E-state index contributed by atoms with van der Waals surface area (Å²) in [5, 5.41) is 0. The Bertz CT molecular complexity index is 460. The smallest absolute Gasteiger partial charge is 0.0948 e. The molecule has 3 rings (SSSR count). The third-order valence-corrected chi connectivity index (χ3v) is 3.12. The fourth-order valence-electron chi connectivity index (χ4n) is 2.38. The number of hydrogen-bond donors (Lipinski definition) is 0. The lowest BCUT2D eigenvalue weighted by atomic mass is 10.1. The number of rotatable bonds is 2. The van der Waals surface area contributed by atoms with Crippen molar-refractivity contribution in [2.75, 3.05) is 18.1 Å². The summed E-state index contributed by atoms with van der Waals surface area (Å²) in [5.74, 6) is 0. The SMILES string of the molecule is CCCN1C=C2C=Cc3ccccc3N2C1. The van der Waals surface area contributed by atoms with Crippen LogP contribution in [-0.2, 0) is 0 Å². The molecular weight excluding hydrogens is 196 g/mol. The van der Waals surface area contributed by atoms with Crippen molar-refractivity contribution in [1.82, 2.24) is 4.90 Å². The molecule has 0 unspecified atom stereocenters. The van der Waals surface area contributed by atoms with Crippen LogP contribution >= 0.6 is 0 Å². The van der Waals surface area contributed by atoms with Gasteiger partial charge >= 0.3 is 0 Å². The summed E-state index contributed by atoms with van der Waals surface area (Å²) in [6.45, 7) is 4.35. The second-order valence-electron chi connectivity index (χ2n) is 4.33. The van der Waals surface area contributed by atoms with Gasteiger partial charge in [-0.25, -0.2) is 0 Å². The predicted molar refractivity (Wildman–Crippen MR) is 67.9 cm³/mol. The molecule has 0 bridgehead atoms. The molecule has 1 aromatic rings. The predicted octanol–water partition coefficient (Wildman–Crippen LogP) is 3.04. The van der Waals surface area contributed by atoms with Crippen molar-refractivity contribution in [2.45, 2.75) is 13.3 Å². The van der Waals surface area contributed by atoms with E-state index in [1.54, 1.807) is 0 Å². The fourth-order valence-corrected chi connectivity index (χ4v) is 2.38. The van der Waals surface area contributed by atoms with Crippen LogP contribution in [0.1, 0.15) is 18.9 Å². The molecule has 2 nitrogen and oxygen atoms in total. The van der Waals surface area contributed by atoms with Crippen LogP contribution in [0.5, 0.6) is 0 Å². The first-order valence-corrected chi connectivity index (χ1v) is 5.89. The van der Waals surface area contributed by atoms with Crippen LogP contribution in [0.2, 0.25) is 0 Å². The average Bonchev–Trinajstić information content (AvgIpc) is 2.72. The highest BCUT2D eigenvalue weighted by atomic mass is 15.4. The maximum absolute atomic E-state index is 2.38. The fraction of sp³-hybridized carbons (Fsp3) is 0.286. The van der Waals surface area contributed by atoms with Crippen molar-refractivity contribution in [2.24, 2.45) is 0 Å². The molecule has 0 aromatic heterocycles. The maximum Gasteiger partial charge on any atom is 0.0948 e. The van der Waals surface area contributed by atoms with Gasteiger partial charge in [0.2, 0.25) is 0 Å². The summed E-state index contributed by atoms with van der Waals surface area (Å²) >= 11 is 0. The molecule has 0 saturated heterocycles. The lowest BCUT2D eigenvalue weighted by Gasteiger charge is -2.26. The van der Waals surface area contributed by atoms with Gasteiger partial charge in [-0.2, -0.15) is 0 Å². The second kappa shape index (κ2) is 3.71. The van der Waals surface area contributed by atoms with Crippen molar-refractivity contribution in [3.8, 4) is 0 Å². The Morgan fingerprint density at radius 1 is 1.19 bits per heavy atom. The number of para-hydroxylation sites is 1. The van der Waals surface area contributed by atoms with Crippen LogP contribution in [0.4, 0.5) is 5.69 Å². The van der Waals surface area contributed by atoms with Crippen molar-refractivity contribution in [3.63, 3.8) is 0 Å². The Hall–Kier alpha value is -1.70. The number of hydrogen-bond acceptors (Lipinski definition) is 2. The van der Waals surface area contributed by atoms with Gasteiger partial charge in [0, 0.05) is 12.7 Å². The van der Waals surface area contributed by atoms with Gasteiger partial charge in [0.05, 0.1) is 18.1 Å². The Kier molecular flexibility index (Phi) is 2.21. The molecule has 0 saturated carbocycles. The molecule has 82 valence electrons. The molecule has 0 fully saturated rings. The van der Waals surface area contributed by atoms with Gasteiger partial charge in [-0.3, -0.25) is 0 Å². The second-order valence-corrected chi connectivity index (χ2v) is 4.33. The highest BCUT2D eigenvalue weighted by Crippen LogP contribution is 2.33. The lowest BCUT2D eigenvalue weighted by molar-refractivity contribution is 0.406. The summed E-state index contributed by atoms with van der Waals surface area (Å²) in [4.78, 5) is 4.76. The van der Waals surface area contributed by atoms with Crippen molar-refractivity contribution in [1.29, 1.82) is 0 Å². The van der Waals surface area contributed by atoms with Crippen LogP contribution in [0.25, 0.3) is 6.08 Å². The summed E-state index contributed by atoms with van der Waals surface area (Å²) < 4.78 is 0. The zero-order valence-electron chi connectivity index (χ0n) is 9.56. The van der Waals surface area contributed by atoms with E-state index >= 15 is 0 Å². The van der Waals surface area contributed by atoms with E-state index in [4.69, 9.17) is 0 Å². The zero-order valence-corrected chi connectivity index (χ0v) is 9.56. The van der Waals surface area contributed by atoms with Gasteiger partial charge in [-0.15, -0.1) is 0 Å². The van der Waals surface area contributed by atoms with Crippen molar-refractivity contribution < 1.29 is 0 Å². The zero-order chi connectivity index (χ0) is 11.0. The molecule has 0 atom stereocenters. The van der Waals surface area contributed by atoms with E-state index in [-0.39, 0.29) is 0 Å². The van der Waals surface area contributed by atoms with Crippen LogP contribution in [0.3, 0.4) is 0 Å². The first kappa shape index (κ1) is 9.52. The molecule has 0 amide bonds. The maximum atomic E-state index is 2.38. The van der Waals surface area contributed by atoms with E-state index in [9.17, 15) is 0 Å². The molecule has 0 aliphatic carbocycles.